The summed E-state index contributed by atoms with van der Waals surface area (Å²) in [7, 11) is 0. The summed E-state index contributed by atoms with van der Waals surface area (Å²) >= 11 is 0. The van der Waals surface area contributed by atoms with E-state index in [4.69, 9.17) is 0 Å². The molecule has 3 aromatic rings. The van der Waals surface area contributed by atoms with Crippen molar-refractivity contribution in [2.45, 2.75) is 6.42 Å². The zero-order chi connectivity index (χ0) is 14.7. The lowest BCUT2D eigenvalue weighted by Gasteiger charge is -2.04. The monoisotopic (exact) mass is 282 g/mol. The highest BCUT2D eigenvalue weighted by molar-refractivity contribution is 5.93. The number of nitrogens with zero attached hydrogens (tertiary/aromatic N) is 2. The van der Waals surface area contributed by atoms with E-state index in [1.54, 1.807) is 6.20 Å². The molecule has 0 saturated carbocycles. The zero-order valence-corrected chi connectivity index (χ0v) is 11.2. The molecule has 0 saturated heterocycles. The number of aromatic nitrogens is 3. The van der Waals surface area contributed by atoms with Crippen LogP contribution in [0.1, 0.15) is 16.2 Å². The predicted octanol–water partition coefficient (Wildman–Crippen LogP) is 0.995. The van der Waals surface area contributed by atoms with Crippen LogP contribution >= 0.6 is 0 Å². The van der Waals surface area contributed by atoms with Gasteiger partial charge in [0.1, 0.15) is 5.82 Å². The molecule has 1 amide bonds. The van der Waals surface area contributed by atoms with E-state index < -0.39 is 0 Å². The second-order valence-electron chi connectivity index (χ2n) is 4.62. The van der Waals surface area contributed by atoms with Gasteiger partial charge in [-0.05, 0) is 18.2 Å². The summed E-state index contributed by atoms with van der Waals surface area (Å²) in [6, 6.07) is 8.71. The minimum atomic E-state index is -0.226. The fraction of sp³-hybridized carbons (Fsp3) is 0.133. The van der Waals surface area contributed by atoms with Crippen molar-refractivity contribution in [3.63, 3.8) is 0 Å². The maximum absolute atomic E-state index is 11.9. The van der Waals surface area contributed by atoms with E-state index in [0.717, 1.165) is 11.3 Å². The van der Waals surface area contributed by atoms with Gasteiger partial charge in [-0.15, -0.1) is 0 Å². The van der Waals surface area contributed by atoms with E-state index >= 15 is 0 Å². The van der Waals surface area contributed by atoms with Crippen LogP contribution in [0, 0.1) is 0 Å². The highest BCUT2D eigenvalue weighted by Gasteiger charge is 2.06. The van der Waals surface area contributed by atoms with Gasteiger partial charge < -0.3 is 14.7 Å². The number of aromatic amines is 1. The molecule has 6 heteroatoms. The molecule has 0 unspecified atom stereocenters. The number of nitrogens with one attached hydrogen (secondary N) is 2. The van der Waals surface area contributed by atoms with Crippen LogP contribution in [-0.4, -0.2) is 26.8 Å². The van der Waals surface area contributed by atoms with Crippen molar-refractivity contribution < 1.29 is 4.79 Å². The Kier molecular flexibility index (Phi) is 3.51. The number of fused-ring (bicyclic) bond motifs is 1. The maximum Gasteiger partial charge on any atom is 0.252 e. The van der Waals surface area contributed by atoms with Gasteiger partial charge in [0, 0.05) is 31.4 Å². The Bertz CT molecular complexity index is 814. The molecule has 0 aliphatic carbocycles. The lowest BCUT2D eigenvalue weighted by atomic mass is 10.2. The van der Waals surface area contributed by atoms with E-state index in [9.17, 15) is 9.59 Å². The maximum atomic E-state index is 11.9. The molecule has 0 radical (unpaired) electrons. The van der Waals surface area contributed by atoms with Gasteiger partial charge >= 0.3 is 0 Å². The Hall–Kier alpha value is -2.89. The molecular formula is C15H14N4O2. The van der Waals surface area contributed by atoms with Crippen LogP contribution in [0.5, 0.6) is 0 Å². The number of hydrogen-bond acceptors (Lipinski definition) is 3. The van der Waals surface area contributed by atoms with Gasteiger partial charge in [0.25, 0.3) is 5.91 Å². The first-order valence-corrected chi connectivity index (χ1v) is 6.62. The number of hydrogen-bond donors (Lipinski definition) is 2. The van der Waals surface area contributed by atoms with Gasteiger partial charge in [-0.1, -0.05) is 6.07 Å². The van der Waals surface area contributed by atoms with Crippen molar-refractivity contribution in [2.75, 3.05) is 6.54 Å². The van der Waals surface area contributed by atoms with Gasteiger partial charge in [0.15, 0.2) is 0 Å². The van der Waals surface area contributed by atoms with Gasteiger partial charge in [-0.25, -0.2) is 4.98 Å². The molecule has 2 N–H and O–H groups in total. The normalized spacial score (nSPS) is 10.7. The standard InChI is InChI=1S/C15H14N4O2/c20-14-5-4-11(9-18-14)15(21)16-7-6-13-17-10-12-3-1-2-8-19(12)13/h1-5,8-10H,6-7H2,(H,16,21)(H,18,20). The summed E-state index contributed by atoms with van der Waals surface area (Å²) in [5.41, 5.74) is 1.23. The molecule has 21 heavy (non-hydrogen) atoms. The number of rotatable bonds is 4. The average molecular weight is 282 g/mol. The number of H-pyrrole nitrogens is 1. The Morgan fingerprint density at radius 1 is 1.29 bits per heavy atom. The lowest BCUT2D eigenvalue weighted by molar-refractivity contribution is 0.0953. The Balaban J connectivity index is 1.62. The Labute approximate surface area is 120 Å². The van der Waals surface area contributed by atoms with Crippen LogP contribution in [0.2, 0.25) is 0 Å². The third kappa shape index (κ3) is 2.84. The highest BCUT2D eigenvalue weighted by atomic mass is 16.1. The largest absolute Gasteiger partial charge is 0.352 e. The number of carbonyl (C=O) groups excluding carboxylic acids is 1. The molecule has 0 atom stereocenters. The highest BCUT2D eigenvalue weighted by Crippen LogP contribution is 2.06. The molecule has 0 aliphatic rings. The number of pyridine rings is 2. The van der Waals surface area contributed by atoms with Crippen LogP contribution in [0.3, 0.4) is 0 Å². The lowest BCUT2D eigenvalue weighted by Crippen LogP contribution is -2.26. The second kappa shape index (κ2) is 5.62. The van der Waals surface area contributed by atoms with Gasteiger partial charge in [-0.3, -0.25) is 9.59 Å². The molecule has 3 aromatic heterocycles. The summed E-state index contributed by atoms with van der Waals surface area (Å²) in [6.07, 6.45) is 5.79. The van der Waals surface area contributed by atoms with Crippen molar-refractivity contribution in [1.82, 2.24) is 19.7 Å². The van der Waals surface area contributed by atoms with Crippen LogP contribution in [0.15, 0.2) is 53.7 Å². The van der Waals surface area contributed by atoms with Gasteiger partial charge in [0.2, 0.25) is 5.56 Å². The third-order valence-corrected chi connectivity index (χ3v) is 3.20. The molecule has 0 aromatic carbocycles. The van der Waals surface area contributed by atoms with E-state index in [-0.39, 0.29) is 11.5 Å². The number of imidazole rings is 1. The van der Waals surface area contributed by atoms with Gasteiger partial charge in [-0.2, -0.15) is 0 Å². The predicted molar refractivity (Wildman–Crippen MR) is 78.3 cm³/mol. The molecule has 0 aliphatic heterocycles. The first kappa shape index (κ1) is 13.1. The molecule has 106 valence electrons. The molecule has 6 nitrogen and oxygen atoms in total. The van der Waals surface area contributed by atoms with E-state index in [1.165, 1.54) is 18.3 Å². The van der Waals surface area contributed by atoms with E-state index in [2.05, 4.69) is 15.3 Å². The minimum absolute atomic E-state index is 0.216. The first-order valence-electron chi connectivity index (χ1n) is 6.62. The zero-order valence-electron chi connectivity index (χ0n) is 11.2. The van der Waals surface area contributed by atoms with Crippen molar-refractivity contribution in [1.29, 1.82) is 0 Å². The van der Waals surface area contributed by atoms with Crippen molar-refractivity contribution in [2.24, 2.45) is 0 Å². The topological polar surface area (TPSA) is 79.3 Å². The van der Waals surface area contributed by atoms with Crippen LogP contribution in [-0.2, 0) is 6.42 Å². The number of carbonyl (C=O) groups is 1. The average Bonchev–Trinajstić information content (AvgIpc) is 2.91. The molecule has 3 heterocycles. The molecule has 0 bridgehead atoms. The molecular weight excluding hydrogens is 268 g/mol. The second-order valence-corrected chi connectivity index (χ2v) is 4.62. The summed E-state index contributed by atoms with van der Waals surface area (Å²) in [5.74, 6) is 0.680. The summed E-state index contributed by atoms with van der Waals surface area (Å²) in [6.45, 7) is 0.478. The summed E-state index contributed by atoms with van der Waals surface area (Å²) in [5, 5.41) is 2.81. The van der Waals surface area contributed by atoms with Crippen LogP contribution in [0.25, 0.3) is 5.52 Å². The number of amides is 1. The molecule has 0 spiro atoms. The SMILES string of the molecule is O=C(NCCc1ncc2ccccn12)c1ccc(=O)[nH]c1. The summed E-state index contributed by atoms with van der Waals surface area (Å²) < 4.78 is 1.99. The van der Waals surface area contributed by atoms with Crippen LogP contribution in [0.4, 0.5) is 0 Å². The first-order chi connectivity index (χ1) is 10.2. The molecule has 3 rings (SSSR count). The Morgan fingerprint density at radius 2 is 2.19 bits per heavy atom. The van der Waals surface area contributed by atoms with E-state index in [0.29, 0.717) is 18.5 Å². The quantitative estimate of drug-likeness (QED) is 0.749. The van der Waals surface area contributed by atoms with Crippen molar-refractivity contribution >= 4 is 11.4 Å². The Morgan fingerprint density at radius 3 is 3.00 bits per heavy atom. The fourth-order valence-corrected chi connectivity index (χ4v) is 2.13. The van der Waals surface area contributed by atoms with Gasteiger partial charge in [0.05, 0.1) is 17.3 Å². The molecule has 0 fully saturated rings. The van der Waals surface area contributed by atoms with Crippen molar-refractivity contribution in [3.05, 3.63) is 70.7 Å². The summed E-state index contributed by atoms with van der Waals surface area (Å²) in [4.78, 5) is 29.6. The fourth-order valence-electron chi connectivity index (χ4n) is 2.13. The minimum Gasteiger partial charge on any atom is -0.352 e. The van der Waals surface area contributed by atoms with E-state index in [1.807, 2.05) is 28.8 Å². The van der Waals surface area contributed by atoms with Crippen LogP contribution < -0.4 is 10.9 Å². The van der Waals surface area contributed by atoms with Crippen molar-refractivity contribution in [3.8, 4) is 0 Å². The smallest absolute Gasteiger partial charge is 0.252 e. The third-order valence-electron chi connectivity index (χ3n) is 3.20.